The molecule has 0 heterocycles. The van der Waals surface area contributed by atoms with Crippen molar-refractivity contribution in [3.63, 3.8) is 0 Å². The first-order valence-electron chi connectivity index (χ1n) is 6.92. The maximum Gasteiger partial charge on any atom is 0.145 e. The molecule has 0 radical (unpaired) electrons. The number of benzene rings is 2. The summed E-state index contributed by atoms with van der Waals surface area (Å²) in [5.74, 6) is 1.93. The fourth-order valence-corrected chi connectivity index (χ4v) is 2.03. The lowest BCUT2D eigenvalue weighted by Gasteiger charge is -2.11. The van der Waals surface area contributed by atoms with E-state index in [2.05, 4.69) is 32.0 Å². The van der Waals surface area contributed by atoms with Crippen LogP contribution in [0.25, 0.3) is 0 Å². The first kappa shape index (κ1) is 14.1. The Balaban J connectivity index is 2.22. The van der Waals surface area contributed by atoms with Crippen LogP contribution in [0.15, 0.2) is 42.5 Å². The van der Waals surface area contributed by atoms with E-state index in [1.165, 1.54) is 5.56 Å². The van der Waals surface area contributed by atoms with Crippen LogP contribution in [0.3, 0.4) is 0 Å². The molecule has 0 saturated carbocycles. The molecule has 1 atom stereocenters. The van der Waals surface area contributed by atoms with Crippen molar-refractivity contribution < 1.29 is 4.74 Å². The summed E-state index contributed by atoms with van der Waals surface area (Å²) in [5, 5.41) is 9.11. The molecule has 0 fully saturated rings. The number of hydrogen-bond acceptors (Lipinski definition) is 2. The molecule has 0 N–H and O–H groups in total. The van der Waals surface area contributed by atoms with Gasteiger partial charge in [-0.2, -0.15) is 5.26 Å². The molecule has 0 saturated heterocycles. The van der Waals surface area contributed by atoms with Crippen LogP contribution in [-0.4, -0.2) is 0 Å². The first-order chi connectivity index (χ1) is 9.63. The zero-order chi connectivity index (χ0) is 14.5. The van der Waals surface area contributed by atoms with E-state index in [0.29, 0.717) is 17.2 Å². The molecule has 0 bridgehead atoms. The van der Waals surface area contributed by atoms with Crippen LogP contribution >= 0.6 is 0 Å². The summed E-state index contributed by atoms with van der Waals surface area (Å²) < 4.78 is 5.83. The van der Waals surface area contributed by atoms with Crippen molar-refractivity contribution in [3.05, 3.63) is 59.2 Å². The summed E-state index contributed by atoms with van der Waals surface area (Å²) in [6.45, 7) is 6.38. The lowest BCUT2D eigenvalue weighted by Crippen LogP contribution is -1.92. The fourth-order valence-electron chi connectivity index (χ4n) is 2.03. The highest BCUT2D eigenvalue weighted by atomic mass is 16.5. The van der Waals surface area contributed by atoms with Crippen molar-refractivity contribution in [2.45, 2.75) is 33.1 Å². The molecular weight excluding hydrogens is 246 g/mol. The van der Waals surface area contributed by atoms with Gasteiger partial charge in [0.05, 0.1) is 5.56 Å². The molecule has 1 unspecified atom stereocenters. The van der Waals surface area contributed by atoms with E-state index in [4.69, 9.17) is 10.00 Å². The molecule has 20 heavy (non-hydrogen) atoms. The van der Waals surface area contributed by atoms with Crippen LogP contribution in [0.4, 0.5) is 0 Å². The second-order valence-electron chi connectivity index (χ2n) is 5.09. The molecule has 0 aliphatic rings. The van der Waals surface area contributed by atoms with E-state index in [9.17, 15) is 0 Å². The maximum absolute atomic E-state index is 9.11. The second kappa shape index (κ2) is 6.25. The van der Waals surface area contributed by atoms with Gasteiger partial charge < -0.3 is 4.74 Å². The highest BCUT2D eigenvalue weighted by Crippen LogP contribution is 2.28. The Morgan fingerprint density at radius 2 is 1.85 bits per heavy atom. The molecule has 0 aliphatic heterocycles. The number of hydrogen-bond donors (Lipinski definition) is 0. The SMILES string of the molecule is CCC(C)c1ccc(Oc2cc(C)ccc2C#N)cc1. The summed E-state index contributed by atoms with van der Waals surface area (Å²) in [5.41, 5.74) is 2.95. The van der Waals surface area contributed by atoms with Crippen molar-refractivity contribution in [2.75, 3.05) is 0 Å². The minimum Gasteiger partial charge on any atom is -0.456 e. The van der Waals surface area contributed by atoms with Crippen molar-refractivity contribution in [3.8, 4) is 17.6 Å². The molecule has 0 amide bonds. The van der Waals surface area contributed by atoms with Crippen LogP contribution in [0.5, 0.6) is 11.5 Å². The smallest absolute Gasteiger partial charge is 0.145 e. The Morgan fingerprint density at radius 3 is 2.45 bits per heavy atom. The number of ether oxygens (including phenoxy) is 1. The zero-order valence-corrected chi connectivity index (χ0v) is 12.2. The van der Waals surface area contributed by atoms with Gasteiger partial charge in [0, 0.05) is 0 Å². The minimum absolute atomic E-state index is 0.553. The van der Waals surface area contributed by atoms with E-state index >= 15 is 0 Å². The van der Waals surface area contributed by atoms with E-state index in [-0.39, 0.29) is 0 Å². The Kier molecular flexibility index (Phi) is 4.42. The van der Waals surface area contributed by atoms with Crippen LogP contribution in [-0.2, 0) is 0 Å². The average Bonchev–Trinajstić information content (AvgIpc) is 2.47. The third-order valence-corrected chi connectivity index (χ3v) is 3.55. The average molecular weight is 265 g/mol. The van der Waals surface area contributed by atoms with E-state index in [0.717, 1.165) is 17.7 Å². The molecule has 2 heteroatoms. The van der Waals surface area contributed by atoms with Gasteiger partial charge in [0.25, 0.3) is 0 Å². The number of aryl methyl sites for hydroxylation is 1. The van der Waals surface area contributed by atoms with E-state index in [1.54, 1.807) is 6.07 Å². The minimum atomic E-state index is 0.553. The molecule has 2 nitrogen and oxygen atoms in total. The Bertz CT molecular complexity index is 623. The quantitative estimate of drug-likeness (QED) is 0.763. The molecule has 2 rings (SSSR count). The molecular formula is C18H19NO. The Hall–Kier alpha value is -2.27. The number of nitrogens with zero attached hydrogens (tertiary/aromatic N) is 1. The lowest BCUT2D eigenvalue weighted by molar-refractivity contribution is 0.480. The first-order valence-corrected chi connectivity index (χ1v) is 6.92. The fraction of sp³-hybridized carbons (Fsp3) is 0.278. The van der Waals surface area contributed by atoms with Crippen LogP contribution < -0.4 is 4.74 Å². The largest absolute Gasteiger partial charge is 0.456 e. The second-order valence-corrected chi connectivity index (χ2v) is 5.09. The molecule has 102 valence electrons. The number of rotatable bonds is 4. The molecule has 0 aromatic heterocycles. The van der Waals surface area contributed by atoms with Gasteiger partial charge in [0.15, 0.2) is 0 Å². The summed E-state index contributed by atoms with van der Waals surface area (Å²) >= 11 is 0. The highest BCUT2D eigenvalue weighted by molar-refractivity contribution is 5.47. The monoisotopic (exact) mass is 265 g/mol. The molecule has 0 spiro atoms. The van der Waals surface area contributed by atoms with Gasteiger partial charge in [-0.25, -0.2) is 0 Å². The molecule has 2 aromatic carbocycles. The normalized spacial score (nSPS) is 11.7. The van der Waals surface area contributed by atoms with Gasteiger partial charge in [-0.1, -0.05) is 32.0 Å². The lowest BCUT2D eigenvalue weighted by atomic mass is 9.99. The van der Waals surface area contributed by atoms with Crippen molar-refractivity contribution in [1.29, 1.82) is 5.26 Å². The Labute approximate surface area is 120 Å². The zero-order valence-electron chi connectivity index (χ0n) is 12.2. The van der Waals surface area contributed by atoms with Crippen LogP contribution in [0.1, 0.15) is 42.9 Å². The van der Waals surface area contributed by atoms with Crippen LogP contribution in [0, 0.1) is 18.3 Å². The van der Waals surface area contributed by atoms with Gasteiger partial charge in [-0.3, -0.25) is 0 Å². The highest BCUT2D eigenvalue weighted by Gasteiger charge is 2.06. The topological polar surface area (TPSA) is 33.0 Å². The summed E-state index contributed by atoms with van der Waals surface area (Å²) in [6.07, 6.45) is 1.12. The molecule has 0 aliphatic carbocycles. The molecule has 2 aromatic rings. The van der Waals surface area contributed by atoms with Crippen molar-refractivity contribution in [2.24, 2.45) is 0 Å². The van der Waals surface area contributed by atoms with E-state index in [1.807, 2.05) is 31.2 Å². The number of nitriles is 1. The third-order valence-electron chi connectivity index (χ3n) is 3.55. The van der Waals surface area contributed by atoms with Gasteiger partial charge >= 0.3 is 0 Å². The van der Waals surface area contributed by atoms with Crippen molar-refractivity contribution in [1.82, 2.24) is 0 Å². The maximum atomic E-state index is 9.11. The Morgan fingerprint density at radius 1 is 1.15 bits per heavy atom. The van der Waals surface area contributed by atoms with Gasteiger partial charge in [0.1, 0.15) is 17.6 Å². The summed E-state index contributed by atoms with van der Waals surface area (Å²) in [4.78, 5) is 0. The predicted octanol–water partition coefficient (Wildman–Crippen LogP) is 5.17. The van der Waals surface area contributed by atoms with Gasteiger partial charge in [0.2, 0.25) is 0 Å². The van der Waals surface area contributed by atoms with E-state index < -0.39 is 0 Å². The summed E-state index contributed by atoms with van der Waals surface area (Å²) in [6, 6.07) is 15.9. The van der Waals surface area contributed by atoms with Gasteiger partial charge in [-0.15, -0.1) is 0 Å². The third kappa shape index (κ3) is 3.19. The van der Waals surface area contributed by atoms with Crippen LogP contribution in [0.2, 0.25) is 0 Å². The summed E-state index contributed by atoms with van der Waals surface area (Å²) in [7, 11) is 0. The standard InChI is InChI=1S/C18H19NO/c1-4-14(3)15-7-9-17(10-8-15)20-18-11-13(2)5-6-16(18)12-19/h5-11,14H,4H2,1-3H3. The van der Waals surface area contributed by atoms with Crippen molar-refractivity contribution >= 4 is 0 Å². The predicted molar refractivity (Wildman–Crippen MR) is 81.1 cm³/mol. The van der Waals surface area contributed by atoms with Gasteiger partial charge in [-0.05, 0) is 54.7 Å².